The number of rotatable bonds is 10. The molecule has 116 valence electrons. The summed E-state index contributed by atoms with van der Waals surface area (Å²) in [6.45, 7) is 2.80. The molecule has 5 heteroatoms. The SMILES string of the molecule is CCCCCCOc1ccc([C@H](CC(=O)[O-])C(N)=O)cc1. The maximum Gasteiger partial charge on any atom is 0.225 e. The minimum atomic E-state index is -1.30. The fourth-order valence-electron chi connectivity index (χ4n) is 2.06. The van der Waals surface area contributed by atoms with Crippen molar-refractivity contribution in [3.05, 3.63) is 29.8 Å². The molecule has 0 unspecified atom stereocenters. The summed E-state index contributed by atoms with van der Waals surface area (Å²) in [5.74, 6) is -2.14. The lowest BCUT2D eigenvalue weighted by Crippen LogP contribution is -2.30. The Balaban J connectivity index is 2.55. The van der Waals surface area contributed by atoms with E-state index in [1.165, 1.54) is 12.8 Å². The Labute approximate surface area is 125 Å². The van der Waals surface area contributed by atoms with Crippen LogP contribution in [0.1, 0.15) is 50.5 Å². The number of carboxylic acids is 1. The van der Waals surface area contributed by atoms with Gasteiger partial charge in [-0.1, -0.05) is 38.3 Å². The summed E-state index contributed by atoms with van der Waals surface area (Å²) in [5.41, 5.74) is 5.78. The van der Waals surface area contributed by atoms with Crippen LogP contribution in [-0.4, -0.2) is 18.5 Å². The molecule has 0 aliphatic rings. The van der Waals surface area contributed by atoms with Gasteiger partial charge in [0.1, 0.15) is 5.75 Å². The average Bonchev–Trinajstić information content (AvgIpc) is 2.45. The van der Waals surface area contributed by atoms with E-state index < -0.39 is 24.2 Å². The maximum atomic E-state index is 11.3. The Morgan fingerprint density at radius 1 is 1.19 bits per heavy atom. The van der Waals surface area contributed by atoms with Crippen LogP contribution in [0.4, 0.5) is 0 Å². The highest BCUT2D eigenvalue weighted by Crippen LogP contribution is 2.22. The standard InChI is InChI=1S/C16H23NO4/c1-2-3-4-5-10-21-13-8-6-12(7-9-13)14(16(17)20)11-15(18)19/h6-9,14H,2-5,10-11H2,1H3,(H2,17,20)(H,18,19)/p-1/t14-/m0/s1. The Morgan fingerprint density at radius 3 is 2.38 bits per heavy atom. The molecule has 0 saturated carbocycles. The van der Waals surface area contributed by atoms with Crippen LogP contribution in [-0.2, 0) is 9.59 Å². The van der Waals surface area contributed by atoms with Crippen LogP contribution in [0.2, 0.25) is 0 Å². The van der Waals surface area contributed by atoms with Gasteiger partial charge >= 0.3 is 0 Å². The van der Waals surface area contributed by atoms with Crippen LogP contribution in [0, 0.1) is 0 Å². The maximum absolute atomic E-state index is 11.3. The van der Waals surface area contributed by atoms with E-state index >= 15 is 0 Å². The molecule has 0 heterocycles. The van der Waals surface area contributed by atoms with Crippen LogP contribution in [0.15, 0.2) is 24.3 Å². The first-order valence-electron chi connectivity index (χ1n) is 7.26. The van der Waals surface area contributed by atoms with Crippen molar-refractivity contribution in [2.75, 3.05) is 6.61 Å². The van der Waals surface area contributed by atoms with Crippen LogP contribution in [0.3, 0.4) is 0 Å². The number of carboxylic acid groups (broad SMARTS) is 1. The molecule has 1 atom stereocenters. The Morgan fingerprint density at radius 2 is 1.86 bits per heavy atom. The van der Waals surface area contributed by atoms with Gasteiger partial charge in [0.15, 0.2) is 0 Å². The largest absolute Gasteiger partial charge is 0.550 e. The lowest BCUT2D eigenvalue weighted by molar-refractivity contribution is -0.306. The predicted octanol–water partition coefficient (Wildman–Crippen LogP) is 1.35. The minimum absolute atomic E-state index is 0.410. The number of aliphatic carboxylic acids is 1. The summed E-state index contributed by atoms with van der Waals surface area (Å²) in [6.07, 6.45) is 4.12. The smallest absolute Gasteiger partial charge is 0.225 e. The Bertz CT molecular complexity index is 456. The third kappa shape index (κ3) is 6.29. The Hall–Kier alpha value is -2.04. The third-order valence-electron chi connectivity index (χ3n) is 3.26. The molecule has 1 aromatic rings. The van der Waals surface area contributed by atoms with Gasteiger partial charge in [-0.15, -0.1) is 0 Å². The van der Waals surface area contributed by atoms with Gasteiger partial charge in [0.05, 0.1) is 12.5 Å². The van der Waals surface area contributed by atoms with E-state index in [4.69, 9.17) is 10.5 Å². The summed E-state index contributed by atoms with van der Waals surface area (Å²) in [7, 11) is 0. The van der Waals surface area contributed by atoms with Gasteiger partial charge in [-0.25, -0.2) is 0 Å². The van der Waals surface area contributed by atoms with Gasteiger partial charge in [0, 0.05) is 12.4 Å². The van der Waals surface area contributed by atoms with E-state index in [1.54, 1.807) is 24.3 Å². The third-order valence-corrected chi connectivity index (χ3v) is 3.26. The van der Waals surface area contributed by atoms with Gasteiger partial charge in [-0.2, -0.15) is 0 Å². The van der Waals surface area contributed by atoms with E-state index in [1.807, 2.05) is 0 Å². The fraction of sp³-hybridized carbons (Fsp3) is 0.500. The van der Waals surface area contributed by atoms with Crippen molar-refractivity contribution in [1.29, 1.82) is 0 Å². The summed E-state index contributed by atoms with van der Waals surface area (Å²) in [5, 5.41) is 10.6. The van der Waals surface area contributed by atoms with Crippen LogP contribution in [0.5, 0.6) is 5.75 Å². The monoisotopic (exact) mass is 292 g/mol. The lowest BCUT2D eigenvalue weighted by atomic mass is 9.95. The molecule has 1 aromatic carbocycles. The summed E-state index contributed by atoms with van der Waals surface area (Å²) in [4.78, 5) is 21.9. The first-order valence-corrected chi connectivity index (χ1v) is 7.26. The normalized spacial score (nSPS) is 11.9. The molecule has 2 N–H and O–H groups in total. The first-order chi connectivity index (χ1) is 10.0. The van der Waals surface area contributed by atoms with Crippen molar-refractivity contribution < 1.29 is 19.4 Å². The molecule has 5 nitrogen and oxygen atoms in total. The summed E-state index contributed by atoms with van der Waals surface area (Å²) in [6, 6.07) is 6.78. The zero-order valence-corrected chi connectivity index (χ0v) is 12.3. The molecule has 1 rings (SSSR count). The molecule has 1 amide bonds. The highest BCUT2D eigenvalue weighted by Gasteiger charge is 2.18. The minimum Gasteiger partial charge on any atom is -0.550 e. The number of benzene rings is 1. The van der Waals surface area contributed by atoms with Gasteiger partial charge in [0.25, 0.3) is 0 Å². The van der Waals surface area contributed by atoms with Crippen molar-refractivity contribution in [1.82, 2.24) is 0 Å². The van der Waals surface area contributed by atoms with Gasteiger partial charge < -0.3 is 20.4 Å². The number of unbranched alkanes of at least 4 members (excludes halogenated alkanes) is 3. The van der Waals surface area contributed by atoms with Gasteiger partial charge in [-0.3, -0.25) is 4.79 Å². The molecule has 0 bridgehead atoms. The second kappa shape index (κ2) is 9.00. The molecular formula is C16H22NO4-. The molecule has 21 heavy (non-hydrogen) atoms. The molecule has 0 fully saturated rings. The second-order valence-corrected chi connectivity index (χ2v) is 5.01. The Kier molecular flexibility index (Phi) is 7.29. The molecular weight excluding hydrogens is 270 g/mol. The molecule has 0 aliphatic heterocycles. The average molecular weight is 292 g/mol. The summed E-state index contributed by atoms with van der Waals surface area (Å²) < 4.78 is 5.58. The van der Waals surface area contributed by atoms with E-state index in [2.05, 4.69) is 6.92 Å². The zero-order chi connectivity index (χ0) is 15.7. The number of carbonyl (C=O) groups excluding carboxylic acids is 2. The lowest BCUT2D eigenvalue weighted by Gasteiger charge is -2.15. The molecule has 0 spiro atoms. The van der Waals surface area contributed by atoms with Crippen molar-refractivity contribution in [3.8, 4) is 5.75 Å². The van der Waals surface area contributed by atoms with Gasteiger partial charge in [-0.05, 0) is 24.1 Å². The zero-order valence-electron chi connectivity index (χ0n) is 12.3. The number of primary amides is 1. The van der Waals surface area contributed by atoms with Crippen molar-refractivity contribution in [2.45, 2.75) is 44.9 Å². The highest BCUT2D eigenvalue weighted by atomic mass is 16.5. The quantitative estimate of drug-likeness (QED) is 0.659. The van der Waals surface area contributed by atoms with E-state index in [9.17, 15) is 14.7 Å². The highest BCUT2D eigenvalue weighted by molar-refractivity contribution is 5.86. The van der Waals surface area contributed by atoms with E-state index in [0.29, 0.717) is 17.9 Å². The second-order valence-electron chi connectivity index (χ2n) is 5.01. The number of hydrogen-bond acceptors (Lipinski definition) is 4. The molecule has 0 aromatic heterocycles. The van der Waals surface area contributed by atoms with E-state index in [-0.39, 0.29) is 0 Å². The van der Waals surface area contributed by atoms with Crippen LogP contribution >= 0.6 is 0 Å². The number of amides is 1. The number of ether oxygens (including phenoxy) is 1. The number of carbonyl (C=O) groups is 2. The molecule has 0 radical (unpaired) electrons. The molecule has 0 saturated heterocycles. The van der Waals surface area contributed by atoms with Gasteiger partial charge in [0.2, 0.25) is 5.91 Å². The van der Waals surface area contributed by atoms with Crippen LogP contribution < -0.4 is 15.6 Å². The first kappa shape index (κ1) is 17.0. The van der Waals surface area contributed by atoms with Crippen molar-refractivity contribution in [3.63, 3.8) is 0 Å². The number of nitrogens with two attached hydrogens (primary N) is 1. The number of hydrogen-bond donors (Lipinski definition) is 1. The topological polar surface area (TPSA) is 92.4 Å². The van der Waals surface area contributed by atoms with E-state index in [0.717, 1.165) is 12.8 Å². The molecule has 0 aliphatic carbocycles. The van der Waals surface area contributed by atoms with Crippen molar-refractivity contribution in [2.24, 2.45) is 5.73 Å². The summed E-state index contributed by atoms with van der Waals surface area (Å²) >= 11 is 0. The fourth-order valence-corrected chi connectivity index (χ4v) is 2.06. The predicted molar refractivity (Wildman–Crippen MR) is 77.6 cm³/mol. The van der Waals surface area contributed by atoms with Crippen LogP contribution in [0.25, 0.3) is 0 Å². The van der Waals surface area contributed by atoms with Crippen molar-refractivity contribution >= 4 is 11.9 Å².